The Labute approximate surface area is 146 Å². The van der Waals surface area contributed by atoms with Crippen molar-refractivity contribution >= 4 is 0 Å². The van der Waals surface area contributed by atoms with E-state index in [1.165, 1.54) is 11.8 Å². The third kappa shape index (κ3) is 4.24. The zero-order valence-electron chi connectivity index (χ0n) is 14.4. The molecule has 0 saturated carbocycles. The molecule has 2 rings (SSSR count). The Morgan fingerprint density at radius 2 is 1.31 bits per heavy atom. The molecule has 0 amide bonds. The number of hydrogen-bond acceptors (Lipinski definition) is 3. The van der Waals surface area contributed by atoms with Gasteiger partial charge in [0.1, 0.15) is 12.2 Å². The lowest BCUT2D eigenvalue weighted by atomic mass is 9.99. The monoisotopic (exact) mass is 398 g/mol. The van der Waals surface area contributed by atoms with Crippen molar-refractivity contribution in [1.29, 1.82) is 0 Å². The van der Waals surface area contributed by atoms with Gasteiger partial charge in [0.05, 0.1) is 6.04 Å². The van der Waals surface area contributed by atoms with Gasteiger partial charge >= 0.3 is 12.1 Å². The highest BCUT2D eigenvalue weighted by atomic mass is 19.4. The highest BCUT2D eigenvalue weighted by molar-refractivity contribution is 4.99. The predicted octanol–water partition coefficient (Wildman–Crippen LogP) is 3.34. The maximum atomic E-state index is 14.7. The van der Waals surface area contributed by atoms with Crippen LogP contribution in [0.2, 0.25) is 0 Å². The van der Waals surface area contributed by atoms with Crippen LogP contribution in [0.5, 0.6) is 0 Å². The SMILES string of the molecule is CC(N1CCN(C)CC1)C(F)(F)C1CCC(C(F)(F)C(F)C(F)(F)F)O1. The van der Waals surface area contributed by atoms with Crippen LogP contribution in [0.1, 0.15) is 19.8 Å². The Balaban J connectivity index is 2.04. The van der Waals surface area contributed by atoms with Crippen molar-refractivity contribution in [2.45, 2.75) is 62.2 Å². The molecular weight excluding hydrogens is 376 g/mol. The van der Waals surface area contributed by atoms with Crippen LogP contribution in [0.25, 0.3) is 0 Å². The number of likely N-dealkylation sites (N-methyl/N-ethyl adjacent to an activating group) is 1. The van der Waals surface area contributed by atoms with Crippen LogP contribution in [0.3, 0.4) is 0 Å². The number of hydrogen-bond donors (Lipinski definition) is 0. The third-order valence-corrected chi connectivity index (χ3v) is 5.15. The number of alkyl halides is 8. The van der Waals surface area contributed by atoms with E-state index in [0.717, 1.165) is 0 Å². The first kappa shape index (κ1) is 21.6. The first-order valence-corrected chi connectivity index (χ1v) is 8.32. The highest BCUT2D eigenvalue weighted by Gasteiger charge is 2.64. The molecule has 0 aromatic rings. The Bertz CT molecular complexity index is 479. The minimum atomic E-state index is -5.79. The topological polar surface area (TPSA) is 15.7 Å². The summed E-state index contributed by atoms with van der Waals surface area (Å²) >= 11 is 0. The molecule has 11 heteroatoms. The Hall–Kier alpha value is -0.680. The summed E-state index contributed by atoms with van der Waals surface area (Å²) in [6, 6.07) is -1.34. The molecule has 2 aliphatic rings. The molecule has 2 fully saturated rings. The van der Waals surface area contributed by atoms with Crippen molar-refractivity contribution in [3.8, 4) is 0 Å². The average Bonchev–Trinajstić information content (AvgIpc) is 3.05. The molecule has 0 radical (unpaired) electrons. The quantitative estimate of drug-likeness (QED) is 0.661. The number of nitrogens with zero attached hydrogens (tertiary/aromatic N) is 2. The van der Waals surface area contributed by atoms with Gasteiger partial charge in [0.15, 0.2) is 0 Å². The average molecular weight is 398 g/mol. The van der Waals surface area contributed by atoms with Gasteiger partial charge < -0.3 is 9.64 Å². The maximum absolute atomic E-state index is 14.7. The summed E-state index contributed by atoms with van der Waals surface area (Å²) in [7, 11) is 1.83. The molecule has 2 saturated heterocycles. The van der Waals surface area contributed by atoms with E-state index in [1.54, 1.807) is 0 Å². The van der Waals surface area contributed by atoms with Crippen molar-refractivity contribution in [2.75, 3.05) is 33.2 Å². The zero-order chi connectivity index (χ0) is 19.9. The van der Waals surface area contributed by atoms with Crippen molar-refractivity contribution < 1.29 is 39.9 Å². The fraction of sp³-hybridized carbons (Fsp3) is 1.00. The number of piperazine rings is 1. The molecular formula is C15H22F8N2O. The van der Waals surface area contributed by atoms with Gasteiger partial charge in [-0.1, -0.05) is 0 Å². The largest absolute Gasteiger partial charge is 0.425 e. The van der Waals surface area contributed by atoms with Crippen molar-refractivity contribution in [3.63, 3.8) is 0 Å². The van der Waals surface area contributed by atoms with Gasteiger partial charge in [-0.25, -0.2) is 22.0 Å². The molecule has 4 unspecified atom stereocenters. The van der Waals surface area contributed by atoms with Gasteiger partial charge in [-0.15, -0.1) is 0 Å². The van der Waals surface area contributed by atoms with E-state index >= 15 is 0 Å². The van der Waals surface area contributed by atoms with Crippen LogP contribution in [-0.2, 0) is 4.74 Å². The molecule has 0 aromatic carbocycles. The zero-order valence-corrected chi connectivity index (χ0v) is 14.4. The molecule has 3 nitrogen and oxygen atoms in total. The maximum Gasteiger partial charge on any atom is 0.425 e. The molecule has 2 aliphatic heterocycles. The molecule has 0 spiro atoms. The second-order valence-electron chi connectivity index (χ2n) is 6.96. The summed E-state index contributed by atoms with van der Waals surface area (Å²) in [5.41, 5.74) is 0. The molecule has 0 aliphatic carbocycles. The molecule has 26 heavy (non-hydrogen) atoms. The van der Waals surface area contributed by atoms with E-state index in [4.69, 9.17) is 0 Å². The van der Waals surface area contributed by atoms with Crippen LogP contribution in [0.15, 0.2) is 0 Å². The normalized spacial score (nSPS) is 29.8. The fourth-order valence-corrected chi connectivity index (χ4v) is 3.31. The molecule has 0 aromatic heterocycles. The van der Waals surface area contributed by atoms with Crippen LogP contribution in [0.4, 0.5) is 35.1 Å². The summed E-state index contributed by atoms with van der Waals surface area (Å²) in [6.07, 6.45) is -16.1. The second-order valence-corrected chi connectivity index (χ2v) is 6.96. The Kier molecular flexibility index (Phi) is 6.14. The molecule has 0 bridgehead atoms. The summed E-state index contributed by atoms with van der Waals surface area (Å²) in [6.45, 7) is 3.04. The van der Waals surface area contributed by atoms with Crippen LogP contribution < -0.4 is 0 Å². The number of rotatable bonds is 5. The lowest BCUT2D eigenvalue weighted by molar-refractivity contribution is -0.278. The van der Waals surface area contributed by atoms with E-state index in [2.05, 4.69) is 4.74 Å². The van der Waals surface area contributed by atoms with Crippen molar-refractivity contribution in [2.24, 2.45) is 0 Å². The summed E-state index contributed by atoms with van der Waals surface area (Å²) in [5.74, 6) is -8.47. The van der Waals surface area contributed by atoms with Crippen molar-refractivity contribution in [1.82, 2.24) is 9.80 Å². The van der Waals surface area contributed by atoms with Crippen LogP contribution in [0, 0.1) is 0 Å². The van der Waals surface area contributed by atoms with Gasteiger partial charge in [0.2, 0.25) is 0 Å². The standard InChI is InChI=1S/C15H22F8N2O/c1-9(25-7-5-24(2)6-8-25)13(17,18)10-3-4-11(26-10)14(19,20)12(16)15(21,22)23/h9-12H,3-8H2,1-2H3. The van der Waals surface area contributed by atoms with Crippen LogP contribution in [-0.4, -0.2) is 85.5 Å². The minimum Gasteiger partial charge on any atom is -0.362 e. The summed E-state index contributed by atoms with van der Waals surface area (Å²) in [5, 5.41) is 0. The first-order valence-electron chi connectivity index (χ1n) is 8.32. The number of halogens is 8. The molecule has 0 N–H and O–H groups in total. The Morgan fingerprint density at radius 3 is 1.77 bits per heavy atom. The predicted molar refractivity (Wildman–Crippen MR) is 77.3 cm³/mol. The van der Waals surface area contributed by atoms with Gasteiger partial charge in [-0.3, -0.25) is 4.90 Å². The van der Waals surface area contributed by atoms with E-state index in [0.29, 0.717) is 26.2 Å². The lowest BCUT2D eigenvalue weighted by Gasteiger charge is -2.41. The highest BCUT2D eigenvalue weighted by Crippen LogP contribution is 2.45. The summed E-state index contributed by atoms with van der Waals surface area (Å²) in [4.78, 5) is 3.44. The molecule has 154 valence electrons. The molecule has 4 atom stereocenters. The second kappa shape index (κ2) is 7.38. The van der Waals surface area contributed by atoms with Gasteiger partial charge in [0, 0.05) is 26.2 Å². The van der Waals surface area contributed by atoms with E-state index < -0.39 is 55.3 Å². The lowest BCUT2D eigenvalue weighted by Crippen LogP contribution is -2.57. The first-order chi connectivity index (χ1) is 11.8. The van der Waals surface area contributed by atoms with Gasteiger partial charge in [-0.05, 0) is 26.8 Å². The molecule has 2 heterocycles. The minimum absolute atomic E-state index is 0.347. The third-order valence-electron chi connectivity index (χ3n) is 5.15. The smallest absolute Gasteiger partial charge is 0.362 e. The number of ether oxygens (including phenoxy) is 1. The van der Waals surface area contributed by atoms with Gasteiger partial charge in [-0.2, -0.15) is 13.2 Å². The summed E-state index contributed by atoms with van der Waals surface area (Å²) < 4.78 is 111. The van der Waals surface area contributed by atoms with E-state index in [-0.39, 0.29) is 0 Å². The van der Waals surface area contributed by atoms with E-state index in [9.17, 15) is 35.1 Å². The van der Waals surface area contributed by atoms with Crippen LogP contribution >= 0.6 is 0 Å². The fourth-order valence-electron chi connectivity index (χ4n) is 3.31. The van der Waals surface area contributed by atoms with E-state index in [1.807, 2.05) is 11.9 Å². The Morgan fingerprint density at radius 1 is 0.846 bits per heavy atom. The van der Waals surface area contributed by atoms with Gasteiger partial charge in [0.25, 0.3) is 12.1 Å². The van der Waals surface area contributed by atoms with Crippen molar-refractivity contribution in [3.05, 3.63) is 0 Å².